The van der Waals surface area contributed by atoms with Gasteiger partial charge in [0, 0.05) is 44.6 Å². The Morgan fingerprint density at radius 2 is 1.48 bits per heavy atom. The molecule has 3 unspecified atom stereocenters. The fourth-order valence-electron chi connectivity index (χ4n) is 5.12. The minimum Gasteiger partial charge on any atom is -0.481 e. The van der Waals surface area contributed by atoms with Crippen LogP contribution in [0.5, 0.6) is 0 Å². The summed E-state index contributed by atoms with van der Waals surface area (Å²) in [5.41, 5.74) is 0.820. The Morgan fingerprint density at radius 1 is 0.780 bits per heavy atom. The normalized spacial score (nSPS) is 12.7. The largest absolute Gasteiger partial charge is 0.481 e. The van der Waals surface area contributed by atoms with Crippen molar-refractivity contribution in [3.05, 3.63) is 30.1 Å². The third-order valence-electron chi connectivity index (χ3n) is 7.79. The Hall–Kier alpha value is -4.60. The minimum absolute atomic E-state index is 0.0127. The topological polar surface area (TPSA) is 244 Å². The second kappa shape index (κ2) is 26.3. The van der Waals surface area contributed by atoms with E-state index in [1.807, 2.05) is 30.0 Å². The number of carboxylic acid groups (broad SMARTS) is 3. The van der Waals surface area contributed by atoms with Crippen molar-refractivity contribution in [2.75, 3.05) is 19.6 Å². The molecule has 0 saturated heterocycles. The van der Waals surface area contributed by atoms with E-state index in [0.717, 1.165) is 37.8 Å². The van der Waals surface area contributed by atoms with Gasteiger partial charge in [-0.05, 0) is 77.0 Å². The zero-order chi connectivity index (χ0) is 37.1. The molecule has 0 aliphatic rings. The molecule has 280 valence electrons. The number of amides is 4. The highest BCUT2D eigenvalue weighted by Gasteiger charge is 2.21. The molecular weight excluding hydrogens is 652 g/mol. The molecule has 0 aliphatic heterocycles. The van der Waals surface area contributed by atoms with Crippen molar-refractivity contribution in [1.29, 1.82) is 0 Å². The summed E-state index contributed by atoms with van der Waals surface area (Å²) in [4.78, 5) is 87.0. The second-order valence-corrected chi connectivity index (χ2v) is 12.3. The zero-order valence-electron chi connectivity index (χ0n) is 28.9. The summed E-state index contributed by atoms with van der Waals surface area (Å²) in [6, 6.07) is 2.43. The van der Waals surface area contributed by atoms with Crippen molar-refractivity contribution in [1.82, 2.24) is 31.2 Å². The summed E-state index contributed by atoms with van der Waals surface area (Å²) >= 11 is 0. The van der Waals surface area contributed by atoms with Crippen LogP contribution in [-0.2, 0) is 35.3 Å². The minimum atomic E-state index is -1.25. The highest BCUT2D eigenvalue weighted by molar-refractivity contribution is 5.84. The van der Waals surface area contributed by atoms with Gasteiger partial charge in [0.1, 0.15) is 12.3 Å². The maximum Gasteiger partial charge on any atom is 0.326 e. The molecule has 16 heteroatoms. The number of carbonyl (C=O) groups excluding carboxylic acids is 4. The van der Waals surface area contributed by atoms with Crippen LogP contribution < -0.4 is 21.3 Å². The average molecular weight is 707 g/mol. The van der Waals surface area contributed by atoms with Gasteiger partial charge in [0.25, 0.3) is 0 Å². The first kappa shape index (κ1) is 43.4. The fourth-order valence-corrected chi connectivity index (χ4v) is 5.12. The number of aliphatic carboxylic acids is 3. The molecule has 16 nitrogen and oxygen atoms in total. The lowest BCUT2D eigenvalue weighted by Gasteiger charge is -2.20. The summed E-state index contributed by atoms with van der Waals surface area (Å²) < 4.78 is 0. The molecular formula is C34H54N6O10. The number of nitrogens with zero attached hydrogens (tertiary/aromatic N) is 2. The molecule has 1 aromatic rings. The summed E-state index contributed by atoms with van der Waals surface area (Å²) in [5.74, 6) is -3.39. The lowest BCUT2D eigenvalue weighted by atomic mass is 10.1. The van der Waals surface area contributed by atoms with E-state index < -0.39 is 36.0 Å². The van der Waals surface area contributed by atoms with E-state index in [9.17, 15) is 43.8 Å². The molecule has 1 heterocycles. The van der Waals surface area contributed by atoms with Crippen LogP contribution in [0.15, 0.2) is 24.4 Å². The predicted octanol–water partition coefficient (Wildman–Crippen LogP) is 2.46. The van der Waals surface area contributed by atoms with E-state index in [1.165, 1.54) is 0 Å². The molecule has 4 amide bonds. The molecule has 50 heavy (non-hydrogen) atoms. The number of aldehydes is 1. The highest BCUT2D eigenvalue weighted by Crippen LogP contribution is 2.09. The Bertz CT molecular complexity index is 1200. The molecule has 0 fully saturated rings. The van der Waals surface area contributed by atoms with Gasteiger partial charge < -0.3 is 41.4 Å². The van der Waals surface area contributed by atoms with Crippen molar-refractivity contribution >= 4 is 42.0 Å². The molecule has 0 saturated carbocycles. The van der Waals surface area contributed by atoms with Crippen LogP contribution in [0.3, 0.4) is 0 Å². The number of pyridine rings is 1. The fraction of sp³-hybridized carbons (Fsp3) is 0.647. The van der Waals surface area contributed by atoms with E-state index in [-0.39, 0.29) is 43.7 Å². The molecule has 0 aromatic carbocycles. The number of hydrogen-bond donors (Lipinski definition) is 7. The average Bonchev–Trinajstić information content (AvgIpc) is 3.05. The van der Waals surface area contributed by atoms with Crippen LogP contribution in [-0.4, -0.2) is 105 Å². The molecule has 1 rings (SSSR count). The first-order chi connectivity index (χ1) is 23.9. The van der Waals surface area contributed by atoms with Crippen LogP contribution in [0, 0.1) is 0 Å². The smallest absolute Gasteiger partial charge is 0.326 e. The maximum absolute atomic E-state index is 12.3. The molecule has 7 N–H and O–H groups in total. The summed E-state index contributed by atoms with van der Waals surface area (Å²) in [6.07, 6.45) is 8.85. The van der Waals surface area contributed by atoms with Gasteiger partial charge in [-0.2, -0.15) is 0 Å². The molecule has 0 bridgehead atoms. The van der Waals surface area contributed by atoms with Crippen molar-refractivity contribution in [2.24, 2.45) is 0 Å². The second-order valence-electron chi connectivity index (χ2n) is 12.3. The SMILES string of the molecule is CC(CCCCN(CC(=O)O)Cc1ccccn1)NC(=O)CCCCCCC(=O)NCCCCC(NC(=O)NC(C=O)CCC(=O)O)C(=O)O. The van der Waals surface area contributed by atoms with Gasteiger partial charge in [-0.15, -0.1) is 0 Å². The summed E-state index contributed by atoms with van der Waals surface area (Å²) in [7, 11) is 0. The molecule has 0 spiro atoms. The van der Waals surface area contributed by atoms with Gasteiger partial charge in [0.05, 0.1) is 18.3 Å². The van der Waals surface area contributed by atoms with Gasteiger partial charge in [0.2, 0.25) is 11.8 Å². The van der Waals surface area contributed by atoms with Crippen molar-refractivity contribution in [3.63, 3.8) is 0 Å². The molecule has 0 aliphatic carbocycles. The Morgan fingerprint density at radius 3 is 2.10 bits per heavy atom. The number of nitrogens with one attached hydrogen (secondary N) is 4. The van der Waals surface area contributed by atoms with Crippen molar-refractivity contribution in [3.8, 4) is 0 Å². The molecule has 0 radical (unpaired) electrons. The molecule has 1 aromatic heterocycles. The van der Waals surface area contributed by atoms with Crippen LogP contribution in [0.2, 0.25) is 0 Å². The number of carboxylic acids is 3. The Kier molecular flexibility index (Phi) is 22.8. The van der Waals surface area contributed by atoms with Crippen molar-refractivity contribution < 1.29 is 48.9 Å². The quantitative estimate of drug-likeness (QED) is 0.0469. The lowest BCUT2D eigenvalue weighted by molar-refractivity contribution is -0.140. The number of carbonyl (C=O) groups is 7. The van der Waals surface area contributed by atoms with Crippen molar-refractivity contribution in [2.45, 2.75) is 121 Å². The Balaban J connectivity index is 2.11. The van der Waals surface area contributed by atoms with E-state index in [2.05, 4.69) is 26.3 Å². The summed E-state index contributed by atoms with van der Waals surface area (Å²) in [6.45, 7) is 3.35. The van der Waals surface area contributed by atoms with Gasteiger partial charge in [-0.25, -0.2) is 9.59 Å². The third-order valence-corrected chi connectivity index (χ3v) is 7.79. The van der Waals surface area contributed by atoms with Crippen LogP contribution in [0.1, 0.15) is 103 Å². The zero-order valence-corrected chi connectivity index (χ0v) is 28.9. The van der Waals surface area contributed by atoms with E-state index in [4.69, 9.17) is 5.11 Å². The number of aromatic nitrogens is 1. The maximum atomic E-state index is 12.3. The summed E-state index contributed by atoms with van der Waals surface area (Å²) in [5, 5.41) is 37.6. The van der Waals surface area contributed by atoms with Crippen LogP contribution >= 0.6 is 0 Å². The molecule has 3 atom stereocenters. The Labute approximate surface area is 293 Å². The number of hydrogen-bond acceptors (Lipinski definition) is 9. The number of unbranched alkanes of at least 4 members (excludes halogenated alkanes) is 5. The van der Waals surface area contributed by atoms with Crippen LogP contribution in [0.25, 0.3) is 0 Å². The van der Waals surface area contributed by atoms with Gasteiger partial charge in [0.15, 0.2) is 0 Å². The van der Waals surface area contributed by atoms with Crippen LogP contribution in [0.4, 0.5) is 4.79 Å². The van der Waals surface area contributed by atoms with E-state index in [0.29, 0.717) is 64.4 Å². The lowest BCUT2D eigenvalue weighted by Crippen LogP contribution is -2.49. The van der Waals surface area contributed by atoms with E-state index in [1.54, 1.807) is 6.20 Å². The highest BCUT2D eigenvalue weighted by atomic mass is 16.4. The van der Waals surface area contributed by atoms with Gasteiger partial charge in [-0.3, -0.25) is 29.1 Å². The van der Waals surface area contributed by atoms with Gasteiger partial charge >= 0.3 is 23.9 Å². The first-order valence-corrected chi connectivity index (χ1v) is 17.3. The van der Waals surface area contributed by atoms with E-state index >= 15 is 0 Å². The third kappa shape index (κ3) is 22.9. The standard InChI is InChI=1S/C34H54N6O10/c1-25(12-8-11-21-40(23-32(46)47)22-26-13-6-9-19-35-26)37-30(43)16-5-3-2-4-15-29(42)36-20-10-7-14-28(33(48)49)39-34(50)38-27(24-41)17-18-31(44)45/h6,9,13,19,24-25,27-28H,2-5,7-8,10-12,14-18,20-23H2,1H3,(H,36,42)(H,37,43)(H,44,45)(H,46,47)(H,48,49)(H2,38,39,50). The number of rotatable bonds is 29. The monoisotopic (exact) mass is 706 g/mol. The predicted molar refractivity (Wildman–Crippen MR) is 183 cm³/mol. The number of urea groups is 1. The first-order valence-electron chi connectivity index (χ1n) is 17.3. The van der Waals surface area contributed by atoms with Gasteiger partial charge in [-0.1, -0.05) is 25.3 Å².